The van der Waals surface area contributed by atoms with Crippen LogP contribution in [0.3, 0.4) is 0 Å². The van der Waals surface area contributed by atoms with Gasteiger partial charge in [-0.1, -0.05) is 13.8 Å². The molecule has 6 nitrogen and oxygen atoms in total. The fraction of sp³-hybridized carbons (Fsp3) is 0.750. The highest BCUT2D eigenvalue weighted by Gasteiger charge is 2.47. The van der Waals surface area contributed by atoms with Gasteiger partial charge in [-0.2, -0.15) is 0 Å². The number of nitrogens with two attached hydrogens (primary N) is 1. The molecule has 2 fully saturated rings. The van der Waals surface area contributed by atoms with Crippen LogP contribution in [0.5, 0.6) is 0 Å². The van der Waals surface area contributed by atoms with E-state index in [9.17, 15) is 4.79 Å². The maximum absolute atomic E-state index is 12.3. The molecule has 1 spiro atoms. The Hall–Kier alpha value is -1.40. The molecule has 0 saturated carbocycles. The zero-order chi connectivity index (χ0) is 15.9. The summed E-state index contributed by atoms with van der Waals surface area (Å²) in [5, 5.41) is 0. The minimum atomic E-state index is -0.0949. The van der Waals surface area contributed by atoms with Crippen molar-refractivity contribution in [3.8, 4) is 0 Å². The SMILES string of the molecule is CC(C)c1cnc(N2CCC3(CC2)CO[C@@H](C)[C@H]3N)c(=O)[nH]1. The molecule has 0 radical (unpaired) electrons. The first-order chi connectivity index (χ1) is 10.4. The molecule has 6 heteroatoms. The number of rotatable bonds is 2. The minimum absolute atomic E-state index is 0.0700. The molecule has 0 aliphatic carbocycles. The van der Waals surface area contributed by atoms with Crippen molar-refractivity contribution >= 4 is 5.82 Å². The lowest BCUT2D eigenvalue weighted by Gasteiger charge is -2.41. The third-order valence-corrected chi connectivity index (χ3v) is 5.31. The van der Waals surface area contributed by atoms with Crippen molar-refractivity contribution in [1.82, 2.24) is 9.97 Å². The molecule has 0 unspecified atom stereocenters. The highest BCUT2D eigenvalue weighted by Crippen LogP contribution is 2.41. The number of hydrogen-bond donors (Lipinski definition) is 2. The molecule has 0 bridgehead atoms. The predicted molar refractivity (Wildman–Crippen MR) is 86.2 cm³/mol. The number of nitrogens with one attached hydrogen (secondary N) is 1. The topological polar surface area (TPSA) is 84.2 Å². The Morgan fingerprint density at radius 3 is 2.64 bits per heavy atom. The van der Waals surface area contributed by atoms with Gasteiger partial charge in [0.15, 0.2) is 5.82 Å². The summed E-state index contributed by atoms with van der Waals surface area (Å²) >= 11 is 0. The predicted octanol–water partition coefficient (Wildman–Crippen LogP) is 1.23. The van der Waals surface area contributed by atoms with Crippen LogP contribution in [0, 0.1) is 5.41 Å². The normalized spacial score (nSPS) is 27.8. The second-order valence-electron chi connectivity index (χ2n) is 7.04. The Kier molecular flexibility index (Phi) is 3.99. The number of aromatic amines is 1. The van der Waals surface area contributed by atoms with Crippen molar-refractivity contribution in [3.63, 3.8) is 0 Å². The molecule has 22 heavy (non-hydrogen) atoms. The number of hydrogen-bond acceptors (Lipinski definition) is 5. The van der Waals surface area contributed by atoms with Gasteiger partial charge in [-0.25, -0.2) is 4.98 Å². The van der Waals surface area contributed by atoms with Gasteiger partial charge in [-0.3, -0.25) is 4.79 Å². The molecule has 2 atom stereocenters. The molecule has 1 aromatic rings. The molecule has 3 heterocycles. The van der Waals surface area contributed by atoms with Gasteiger partial charge in [0.2, 0.25) is 0 Å². The first-order valence-corrected chi connectivity index (χ1v) is 8.14. The lowest BCUT2D eigenvalue weighted by atomic mass is 9.73. The Morgan fingerprint density at radius 1 is 1.45 bits per heavy atom. The number of piperidine rings is 1. The number of H-pyrrole nitrogens is 1. The van der Waals surface area contributed by atoms with Crippen molar-refractivity contribution in [3.05, 3.63) is 22.2 Å². The molecule has 0 aromatic carbocycles. The van der Waals surface area contributed by atoms with Crippen LogP contribution in [0.15, 0.2) is 11.0 Å². The van der Waals surface area contributed by atoms with E-state index in [-0.39, 0.29) is 29.0 Å². The Morgan fingerprint density at radius 2 is 2.14 bits per heavy atom. The summed E-state index contributed by atoms with van der Waals surface area (Å²) in [6.45, 7) is 8.48. The second kappa shape index (κ2) is 5.66. The molecule has 3 rings (SSSR count). The van der Waals surface area contributed by atoms with Gasteiger partial charge in [0, 0.05) is 36.4 Å². The Bertz CT molecular complexity index is 590. The van der Waals surface area contributed by atoms with Crippen LogP contribution in [0.25, 0.3) is 0 Å². The van der Waals surface area contributed by atoms with E-state index < -0.39 is 0 Å². The van der Waals surface area contributed by atoms with Gasteiger partial charge in [0.25, 0.3) is 5.56 Å². The van der Waals surface area contributed by atoms with Gasteiger partial charge in [0.1, 0.15) is 0 Å². The molecule has 2 aliphatic rings. The quantitative estimate of drug-likeness (QED) is 0.858. The van der Waals surface area contributed by atoms with E-state index in [2.05, 4.69) is 14.9 Å². The van der Waals surface area contributed by atoms with E-state index in [1.807, 2.05) is 20.8 Å². The second-order valence-corrected chi connectivity index (χ2v) is 7.04. The van der Waals surface area contributed by atoms with E-state index >= 15 is 0 Å². The van der Waals surface area contributed by atoms with E-state index in [4.69, 9.17) is 10.5 Å². The van der Waals surface area contributed by atoms with Crippen molar-refractivity contribution in [1.29, 1.82) is 0 Å². The number of aromatic nitrogens is 2. The maximum Gasteiger partial charge on any atom is 0.291 e. The smallest absolute Gasteiger partial charge is 0.291 e. The molecule has 122 valence electrons. The molecular formula is C16H26N4O2. The fourth-order valence-corrected chi connectivity index (χ4v) is 3.56. The van der Waals surface area contributed by atoms with Crippen molar-refractivity contribution in [2.45, 2.75) is 51.7 Å². The molecule has 2 saturated heterocycles. The average Bonchev–Trinajstić information content (AvgIpc) is 2.77. The first-order valence-electron chi connectivity index (χ1n) is 8.14. The molecule has 0 amide bonds. The summed E-state index contributed by atoms with van der Waals surface area (Å²) < 4.78 is 5.74. The van der Waals surface area contributed by atoms with Gasteiger partial charge < -0.3 is 20.4 Å². The lowest BCUT2D eigenvalue weighted by Crippen LogP contribution is -2.51. The molecule has 1 aromatic heterocycles. The molecule has 2 aliphatic heterocycles. The van der Waals surface area contributed by atoms with Crippen molar-refractivity contribution in [2.24, 2.45) is 11.1 Å². The van der Waals surface area contributed by atoms with E-state index in [1.165, 1.54) is 0 Å². The third-order valence-electron chi connectivity index (χ3n) is 5.31. The Balaban J connectivity index is 1.73. The van der Waals surface area contributed by atoms with Crippen LogP contribution in [0.1, 0.15) is 45.2 Å². The molecule has 3 N–H and O–H groups in total. The average molecular weight is 306 g/mol. The van der Waals surface area contributed by atoms with Crippen LogP contribution in [0.4, 0.5) is 5.82 Å². The largest absolute Gasteiger partial charge is 0.376 e. The summed E-state index contributed by atoms with van der Waals surface area (Å²) in [5.74, 6) is 0.800. The zero-order valence-corrected chi connectivity index (χ0v) is 13.6. The van der Waals surface area contributed by atoms with Crippen LogP contribution in [-0.2, 0) is 4.74 Å². The number of nitrogens with zero attached hydrogens (tertiary/aromatic N) is 2. The van der Waals surface area contributed by atoms with E-state index in [1.54, 1.807) is 6.20 Å². The Labute approximate surface area is 131 Å². The van der Waals surface area contributed by atoms with Crippen molar-refractivity contribution < 1.29 is 4.74 Å². The van der Waals surface area contributed by atoms with Crippen LogP contribution in [0.2, 0.25) is 0 Å². The standard InChI is InChI=1S/C16H26N4O2/c1-10(2)12-8-18-14(15(21)19-12)20-6-4-16(5-7-20)9-22-11(3)13(16)17/h8,10-11,13H,4-7,9,17H2,1-3H3,(H,19,21)/t11-,13+/m0/s1. The monoisotopic (exact) mass is 306 g/mol. The van der Waals surface area contributed by atoms with E-state index in [0.29, 0.717) is 5.82 Å². The van der Waals surface area contributed by atoms with Gasteiger partial charge in [-0.05, 0) is 25.7 Å². The summed E-state index contributed by atoms with van der Waals surface area (Å²) in [4.78, 5) is 21.7. The zero-order valence-electron chi connectivity index (χ0n) is 13.6. The summed E-state index contributed by atoms with van der Waals surface area (Å²) in [6, 6.07) is 0.0872. The highest BCUT2D eigenvalue weighted by atomic mass is 16.5. The lowest BCUT2D eigenvalue weighted by molar-refractivity contribution is 0.0974. The van der Waals surface area contributed by atoms with Gasteiger partial charge >= 0.3 is 0 Å². The van der Waals surface area contributed by atoms with E-state index in [0.717, 1.165) is 38.2 Å². The minimum Gasteiger partial charge on any atom is -0.376 e. The molecular weight excluding hydrogens is 280 g/mol. The summed E-state index contributed by atoms with van der Waals surface area (Å²) in [6.07, 6.45) is 3.80. The van der Waals surface area contributed by atoms with Gasteiger partial charge in [-0.15, -0.1) is 0 Å². The van der Waals surface area contributed by atoms with Crippen molar-refractivity contribution in [2.75, 3.05) is 24.6 Å². The number of ether oxygens (including phenoxy) is 1. The highest BCUT2D eigenvalue weighted by molar-refractivity contribution is 5.37. The first kappa shape index (κ1) is 15.5. The summed E-state index contributed by atoms with van der Waals surface area (Å²) in [5.41, 5.74) is 7.18. The van der Waals surface area contributed by atoms with Gasteiger partial charge in [0.05, 0.1) is 12.7 Å². The van der Waals surface area contributed by atoms with Crippen LogP contribution in [-0.4, -0.2) is 41.8 Å². The number of anilines is 1. The van der Waals surface area contributed by atoms with Crippen LogP contribution >= 0.6 is 0 Å². The third kappa shape index (κ3) is 2.54. The summed E-state index contributed by atoms with van der Waals surface area (Å²) in [7, 11) is 0. The fourth-order valence-electron chi connectivity index (χ4n) is 3.56. The van der Waals surface area contributed by atoms with Crippen LogP contribution < -0.4 is 16.2 Å². The maximum atomic E-state index is 12.3.